The standard InChI is InChI=1S/C21H19NO2S/c1-16-10-12-18(13-11-16)25(23,24)22-15-14-20-19(8-5-9-21(20)22)17-6-3-2-4-7-17/h2-13H,14-15H2,1H3. The van der Waals surface area contributed by atoms with Gasteiger partial charge in [-0.3, -0.25) is 4.31 Å². The number of benzene rings is 3. The van der Waals surface area contributed by atoms with Crippen molar-refractivity contribution in [3.63, 3.8) is 0 Å². The predicted octanol–water partition coefficient (Wildman–Crippen LogP) is 4.41. The number of sulfonamides is 1. The second kappa shape index (κ2) is 6.05. The van der Waals surface area contributed by atoms with Crippen LogP contribution in [0.3, 0.4) is 0 Å². The summed E-state index contributed by atoms with van der Waals surface area (Å²) in [5, 5.41) is 0. The summed E-state index contributed by atoms with van der Waals surface area (Å²) in [7, 11) is -3.53. The quantitative estimate of drug-likeness (QED) is 0.702. The molecular formula is C21H19NO2S. The van der Waals surface area contributed by atoms with Crippen molar-refractivity contribution in [2.45, 2.75) is 18.2 Å². The van der Waals surface area contributed by atoms with Crippen LogP contribution in [0.25, 0.3) is 11.1 Å². The Balaban J connectivity index is 1.79. The van der Waals surface area contributed by atoms with Crippen LogP contribution in [0.1, 0.15) is 11.1 Å². The molecule has 0 amide bonds. The Kier molecular flexibility index (Phi) is 3.85. The first-order valence-corrected chi connectivity index (χ1v) is 9.78. The van der Waals surface area contributed by atoms with Gasteiger partial charge in [0.1, 0.15) is 0 Å². The average Bonchev–Trinajstić information content (AvgIpc) is 3.08. The Hall–Kier alpha value is -2.59. The van der Waals surface area contributed by atoms with Crippen molar-refractivity contribution in [1.29, 1.82) is 0 Å². The SMILES string of the molecule is Cc1ccc(S(=O)(=O)N2CCc3c(-c4ccccc4)cccc32)cc1. The lowest BCUT2D eigenvalue weighted by Crippen LogP contribution is -2.29. The monoisotopic (exact) mass is 349 g/mol. The van der Waals surface area contributed by atoms with E-state index in [2.05, 4.69) is 18.2 Å². The van der Waals surface area contributed by atoms with Crippen LogP contribution in [-0.2, 0) is 16.4 Å². The highest BCUT2D eigenvalue weighted by Crippen LogP contribution is 2.38. The lowest BCUT2D eigenvalue weighted by molar-refractivity contribution is 0.592. The van der Waals surface area contributed by atoms with Crippen molar-refractivity contribution >= 4 is 15.7 Å². The van der Waals surface area contributed by atoms with Crippen molar-refractivity contribution in [2.75, 3.05) is 10.8 Å². The molecule has 0 fully saturated rings. The smallest absolute Gasteiger partial charge is 0.264 e. The summed E-state index contributed by atoms with van der Waals surface area (Å²) in [5.74, 6) is 0. The fourth-order valence-corrected chi connectivity index (χ4v) is 4.88. The Morgan fingerprint density at radius 3 is 2.28 bits per heavy atom. The maximum Gasteiger partial charge on any atom is 0.264 e. The molecule has 3 aromatic carbocycles. The Bertz CT molecular complexity index is 1010. The van der Waals surface area contributed by atoms with E-state index < -0.39 is 10.0 Å². The molecule has 0 unspecified atom stereocenters. The van der Waals surface area contributed by atoms with Gasteiger partial charge in [-0.2, -0.15) is 0 Å². The van der Waals surface area contributed by atoms with E-state index in [1.54, 1.807) is 16.4 Å². The summed E-state index contributed by atoms with van der Waals surface area (Å²) < 4.78 is 27.7. The number of rotatable bonds is 3. The molecule has 1 aliphatic heterocycles. The van der Waals surface area contributed by atoms with E-state index in [1.165, 1.54) is 0 Å². The zero-order chi connectivity index (χ0) is 17.4. The van der Waals surface area contributed by atoms with E-state index in [1.807, 2.05) is 49.4 Å². The minimum absolute atomic E-state index is 0.344. The molecule has 0 atom stereocenters. The van der Waals surface area contributed by atoms with Gasteiger partial charge in [0.2, 0.25) is 0 Å². The first kappa shape index (κ1) is 15.9. The van der Waals surface area contributed by atoms with Gasteiger partial charge in [0.05, 0.1) is 10.6 Å². The van der Waals surface area contributed by atoms with Crippen LogP contribution in [0.4, 0.5) is 5.69 Å². The summed E-state index contributed by atoms with van der Waals surface area (Å²) in [6.07, 6.45) is 0.728. The molecular weight excluding hydrogens is 330 g/mol. The van der Waals surface area contributed by atoms with E-state index in [9.17, 15) is 8.42 Å². The van der Waals surface area contributed by atoms with E-state index in [-0.39, 0.29) is 0 Å². The predicted molar refractivity (Wildman–Crippen MR) is 101 cm³/mol. The summed E-state index contributed by atoms with van der Waals surface area (Å²) in [6, 6.07) is 23.1. The van der Waals surface area contributed by atoms with Gasteiger partial charge >= 0.3 is 0 Å². The van der Waals surface area contributed by atoms with Crippen LogP contribution in [0, 0.1) is 6.92 Å². The van der Waals surface area contributed by atoms with Crippen molar-refractivity contribution < 1.29 is 8.42 Å². The maximum atomic E-state index is 13.1. The zero-order valence-electron chi connectivity index (χ0n) is 14.0. The molecule has 3 nitrogen and oxygen atoms in total. The van der Waals surface area contributed by atoms with Gasteiger partial charge in [-0.25, -0.2) is 8.42 Å². The third-order valence-corrected chi connectivity index (χ3v) is 6.51. The average molecular weight is 349 g/mol. The number of aryl methyl sites for hydroxylation is 1. The first-order chi connectivity index (χ1) is 12.1. The van der Waals surface area contributed by atoms with Crippen LogP contribution in [-0.4, -0.2) is 15.0 Å². The zero-order valence-corrected chi connectivity index (χ0v) is 14.8. The molecule has 0 aromatic heterocycles. The summed E-state index contributed by atoms with van der Waals surface area (Å²) in [6.45, 7) is 2.43. The summed E-state index contributed by atoms with van der Waals surface area (Å²) in [5.41, 5.74) is 5.17. The van der Waals surface area contributed by atoms with E-state index >= 15 is 0 Å². The molecule has 4 heteroatoms. The van der Waals surface area contributed by atoms with Crippen LogP contribution < -0.4 is 4.31 Å². The second-order valence-corrected chi connectivity index (χ2v) is 8.17. The molecule has 1 aliphatic rings. The number of fused-ring (bicyclic) bond motifs is 1. The Morgan fingerprint density at radius 2 is 1.56 bits per heavy atom. The van der Waals surface area contributed by atoms with Gasteiger partial charge in [0.25, 0.3) is 10.0 Å². The summed E-state index contributed by atoms with van der Waals surface area (Å²) >= 11 is 0. The van der Waals surface area contributed by atoms with Crippen LogP contribution in [0.2, 0.25) is 0 Å². The van der Waals surface area contributed by atoms with Crippen LogP contribution in [0.5, 0.6) is 0 Å². The molecule has 0 spiro atoms. The molecule has 25 heavy (non-hydrogen) atoms. The summed E-state index contributed by atoms with van der Waals surface area (Å²) in [4.78, 5) is 0.344. The van der Waals surface area contributed by atoms with Crippen LogP contribution >= 0.6 is 0 Å². The normalized spacial score (nSPS) is 13.7. The molecule has 4 rings (SSSR count). The fourth-order valence-electron chi connectivity index (χ4n) is 3.38. The first-order valence-electron chi connectivity index (χ1n) is 8.34. The minimum atomic E-state index is -3.53. The molecule has 3 aromatic rings. The third-order valence-electron chi connectivity index (χ3n) is 4.68. The van der Waals surface area contributed by atoms with Gasteiger partial charge in [0.15, 0.2) is 0 Å². The highest BCUT2D eigenvalue weighted by molar-refractivity contribution is 7.92. The molecule has 1 heterocycles. The van der Waals surface area contributed by atoms with Crippen LogP contribution in [0.15, 0.2) is 77.7 Å². The Labute approximate surface area is 148 Å². The molecule has 126 valence electrons. The van der Waals surface area contributed by atoms with Gasteiger partial charge < -0.3 is 0 Å². The fraction of sp³-hybridized carbons (Fsp3) is 0.143. The lowest BCUT2D eigenvalue weighted by atomic mass is 9.98. The molecule has 0 bridgehead atoms. The number of hydrogen-bond acceptors (Lipinski definition) is 2. The van der Waals surface area contributed by atoms with Gasteiger partial charge in [-0.05, 0) is 48.2 Å². The highest BCUT2D eigenvalue weighted by Gasteiger charge is 2.32. The minimum Gasteiger partial charge on any atom is -0.266 e. The van der Waals surface area contributed by atoms with E-state index in [0.29, 0.717) is 11.4 Å². The maximum absolute atomic E-state index is 13.1. The highest BCUT2D eigenvalue weighted by atomic mass is 32.2. The molecule has 0 saturated carbocycles. The van der Waals surface area contributed by atoms with Gasteiger partial charge in [0, 0.05) is 6.54 Å². The topological polar surface area (TPSA) is 37.4 Å². The van der Waals surface area contributed by atoms with Gasteiger partial charge in [-0.15, -0.1) is 0 Å². The largest absolute Gasteiger partial charge is 0.266 e. The van der Waals surface area contributed by atoms with Crippen molar-refractivity contribution in [3.8, 4) is 11.1 Å². The lowest BCUT2D eigenvalue weighted by Gasteiger charge is -2.20. The Morgan fingerprint density at radius 1 is 0.840 bits per heavy atom. The van der Waals surface area contributed by atoms with Crippen molar-refractivity contribution in [2.24, 2.45) is 0 Å². The third kappa shape index (κ3) is 2.72. The number of anilines is 1. The van der Waals surface area contributed by atoms with E-state index in [0.717, 1.165) is 34.4 Å². The molecule has 0 radical (unpaired) electrons. The van der Waals surface area contributed by atoms with Crippen molar-refractivity contribution in [3.05, 3.63) is 83.9 Å². The van der Waals surface area contributed by atoms with Crippen molar-refractivity contribution in [1.82, 2.24) is 0 Å². The van der Waals surface area contributed by atoms with E-state index in [4.69, 9.17) is 0 Å². The molecule has 0 N–H and O–H groups in total. The molecule has 0 aliphatic carbocycles. The number of nitrogens with zero attached hydrogens (tertiary/aromatic N) is 1. The van der Waals surface area contributed by atoms with Gasteiger partial charge in [-0.1, -0.05) is 60.2 Å². The second-order valence-electron chi connectivity index (χ2n) is 6.31. The number of hydrogen-bond donors (Lipinski definition) is 0. The molecule has 0 saturated heterocycles.